The van der Waals surface area contributed by atoms with Crippen LogP contribution in [0.3, 0.4) is 0 Å². The van der Waals surface area contributed by atoms with Gasteiger partial charge >= 0.3 is 11.9 Å². The molecule has 110 valence electrons. The fourth-order valence-electron chi connectivity index (χ4n) is 1.29. The second-order valence-corrected chi connectivity index (χ2v) is 5.19. The number of hydrogen-bond donors (Lipinski definition) is 1. The standard InChI is InChI=1S/C12H22N2O5/c1-14(2,3)7-6-10(15)13-9(12(17)19-5)8-11(16)18-4/h9H,6-8H2,1-5H3/p+1. The SMILES string of the molecule is COC(=O)CC(NC(=O)CC[N+](C)(C)C)C(=O)OC. The van der Waals surface area contributed by atoms with Gasteiger partial charge < -0.3 is 19.3 Å². The van der Waals surface area contributed by atoms with E-state index in [0.29, 0.717) is 11.0 Å². The second kappa shape index (κ2) is 7.73. The van der Waals surface area contributed by atoms with E-state index >= 15 is 0 Å². The molecule has 0 heterocycles. The average Bonchev–Trinajstić information content (AvgIpc) is 2.33. The summed E-state index contributed by atoms with van der Waals surface area (Å²) in [6, 6.07) is -1.00. The van der Waals surface area contributed by atoms with Crippen LogP contribution in [0, 0.1) is 0 Å². The van der Waals surface area contributed by atoms with Gasteiger partial charge in [0.05, 0.1) is 54.7 Å². The van der Waals surface area contributed by atoms with Crippen LogP contribution < -0.4 is 5.32 Å². The Bertz CT molecular complexity index is 336. The molecule has 0 aromatic rings. The molecule has 0 spiro atoms. The number of nitrogens with zero attached hydrogens (tertiary/aromatic N) is 1. The van der Waals surface area contributed by atoms with E-state index in [9.17, 15) is 14.4 Å². The molecule has 1 amide bonds. The molecule has 0 fully saturated rings. The Morgan fingerprint density at radius 2 is 1.68 bits per heavy atom. The normalized spacial score (nSPS) is 12.5. The maximum atomic E-state index is 11.7. The number of hydrogen-bond acceptors (Lipinski definition) is 5. The van der Waals surface area contributed by atoms with Crippen molar-refractivity contribution in [2.24, 2.45) is 0 Å². The van der Waals surface area contributed by atoms with Crippen molar-refractivity contribution in [2.45, 2.75) is 18.9 Å². The van der Waals surface area contributed by atoms with E-state index in [2.05, 4.69) is 14.8 Å². The number of nitrogens with one attached hydrogen (secondary N) is 1. The number of carbonyl (C=O) groups excluding carboxylic acids is 3. The number of ether oxygens (including phenoxy) is 2. The Balaban J connectivity index is 4.43. The van der Waals surface area contributed by atoms with Crippen LogP contribution in [0.1, 0.15) is 12.8 Å². The Hall–Kier alpha value is -1.63. The predicted octanol–water partition coefficient (Wildman–Crippen LogP) is -0.696. The minimum atomic E-state index is -1.00. The van der Waals surface area contributed by atoms with Gasteiger partial charge in [0, 0.05) is 0 Å². The summed E-state index contributed by atoms with van der Waals surface area (Å²) in [6.07, 6.45) is 0.0253. The zero-order chi connectivity index (χ0) is 15.1. The lowest BCUT2D eigenvalue weighted by Gasteiger charge is -2.24. The smallest absolute Gasteiger partial charge is 0.328 e. The van der Waals surface area contributed by atoms with Gasteiger partial charge in [-0.25, -0.2) is 4.79 Å². The quantitative estimate of drug-likeness (QED) is 0.491. The third-order valence-corrected chi connectivity index (χ3v) is 2.43. The van der Waals surface area contributed by atoms with Crippen LogP contribution in [-0.2, 0) is 23.9 Å². The Morgan fingerprint density at radius 3 is 2.11 bits per heavy atom. The Morgan fingerprint density at radius 1 is 1.11 bits per heavy atom. The topological polar surface area (TPSA) is 81.7 Å². The molecule has 0 aliphatic rings. The van der Waals surface area contributed by atoms with Gasteiger partial charge in [0.25, 0.3) is 0 Å². The van der Waals surface area contributed by atoms with Crippen molar-refractivity contribution < 1.29 is 28.3 Å². The van der Waals surface area contributed by atoms with Crippen LogP contribution >= 0.6 is 0 Å². The van der Waals surface area contributed by atoms with Gasteiger partial charge in [-0.2, -0.15) is 0 Å². The van der Waals surface area contributed by atoms with Gasteiger partial charge in [-0.05, 0) is 0 Å². The molecule has 7 nitrogen and oxygen atoms in total. The first kappa shape index (κ1) is 17.4. The highest BCUT2D eigenvalue weighted by molar-refractivity contribution is 5.88. The molecule has 0 rings (SSSR count). The number of esters is 2. The zero-order valence-corrected chi connectivity index (χ0v) is 12.2. The molecule has 0 aliphatic heterocycles. The summed E-state index contributed by atoms with van der Waals surface area (Å²) in [5.41, 5.74) is 0. The number of quaternary nitrogens is 1. The molecule has 0 aliphatic carbocycles. The monoisotopic (exact) mass is 275 g/mol. The fourth-order valence-corrected chi connectivity index (χ4v) is 1.29. The number of methoxy groups -OCH3 is 2. The van der Waals surface area contributed by atoms with Gasteiger partial charge in [-0.3, -0.25) is 9.59 Å². The van der Waals surface area contributed by atoms with Gasteiger partial charge in [-0.15, -0.1) is 0 Å². The minimum Gasteiger partial charge on any atom is -0.469 e. The lowest BCUT2D eigenvalue weighted by Crippen LogP contribution is -2.45. The molecule has 0 aromatic carbocycles. The Labute approximate surface area is 113 Å². The average molecular weight is 275 g/mol. The van der Waals surface area contributed by atoms with Gasteiger partial charge in [0.2, 0.25) is 5.91 Å². The number of amides is 1. The maximum Gasteiger partial charge on any atom is 0.328 e. The molecule has 1 unspecified atom stereocenters. The molecule has 0 saturated heterocycles. The highest BCUT2D eigenvalue weighted by Crippen LogP contribution is 2.00. The first-order valence-electron chi connectivity index (χ1n) is 5.94. The second-order valence-electron chi connectivity index (χ2n) is 5.19. The van der Waals surface area contributed by atoms with Crippen LogP contribution in [0.2, 0.25) is 0 Å². The molecule has 19 heavy (non-hydrogen) atoms. The van der Waals surface area contributed by atoms with Crippen LogP contribution in [0.25, 0.3) is 0 Å². The summed E-state index contributed by atoms with van der Waals surface area (Å²) >= 11 is 0. The zero-order valence-electron chi connectivity index (χ0n) is 12.2. The van der Waals surface area contributed by atoms with Gasteiger partial charge in [-0.1, -0.05) is 0 Å². The minimum absolute atomic E-state index is 0.237. The largest absolute Gasteiger partial charge is 0.469 e. The van der Waals surface area contributed by atoms with Crippen molar-refractivity contribution in [1.82, 2.24) is 5.32 Å². The van der Waals surface area contributed by atoms with Crippen molar-refractivity contribution in [1.29, 1.82) is 0 Å². The lowest BCUT2D eigenvalue weighted by molar-refractivity contribution is -0.869. The summed E-state index contributed by atoms with van der Waals surface area (Å²) < 4.78 is 9.64. The predicted molar refractivity (Wildman–Crippen MR) is 68.1 cm³/mol. The van der Waals surface area contributed by atoms with E-state index < -0.39 is 18.0 Å². The van der Waals surface area contributed by atoms with Crippen LogP contribution in [0.4, 0.5) is 0 Å². The van der Waals surface area contributed by atoms with E-state index in [1.165, 1.54) is 14.2 Å². The van der Waals surface area contributed by atoms with Crippen molar-refractivity contribution in [3.8, 4) is 0 Å². The summed E-state index contributed by atoms with van der Waals surface area (Å²) in [5, 5.41) is 2.48. The first-order valence-corrected chi connectivity index (χ1v) is 5.94. The van der Waals surface area contributed by atoms with Crippen molar-refractivity contribution in [3.05, 3.63) is 0 Å². The third kappa shape index (κ3) is 8.15. The number of carbonyl (C=O) groups is 3. The lowest BCUT2D eigenvalue weighted by atomic mass is 10.2. The van der Waals surface area contributed by atoms with E-state index in [1.807, 2.05) is 21.1 Å². The highest BCUT2D eigenvalue weighted by Gasteiger charge is 2.25. The Kier molecular flexibility index (Phi) is 7.06. The van der Waals surface area contributed by atoms with Crippen LogP contribution in [-0.4, -0.2) is 70.3 Å². The molecule has 1 atom stereocenters. The molecule has 0 saturated carbocycles. The highest BCUT2D eigenvalue weighted by atomic mass is 16.5. The fraction of sp³-hybridized carbons (Fsp3) is 0.750. The van der Waals surface area contributed by atoms with Gasteiger partial charge in [0.15, 0.2) is 0 Å². The molecular formula is C12H23N2O5+. The molecule has 1 N–H and O–H groups in total. The van der Waals surface area contributed by atoms with E-state index in [0.717, 1.165) is 0 Å². The molecule has 7 heteroatoms. The summed E-state index contributed by atoms with van der Waals surface area (Å²) in [5.74, 6) is -1.54. The molecule has 0 bridgehead atoms. The summed E-state index contributed by atoms with van der Waals surface area (Å²) in [7, 11) is 8.29. The van der Waals surface area contributed by atoms with E-state index in [1.54, 1.807) is 0 Å². The first-order chi connectivity index (χ1) is 8.69. The number of rotatable bonds is 7. The van der Waals surface area contributed by atoms with Crippen molar-refractivity contribution in [2.75, 3.05) is 41.9 Å². The summed E-state index contributed by atoms with van der Waals surface area (Å²) in [4.78, 5) is 34.3. The summed E-state index contributed by atoms with van der Waals surface area (Å²) in [6.45, 7) is 0.623. The van der Waals surface area contributed by atoms with Crippen molar-refractivity contribution in [3.63, 3.8) is 0 Å². The van der Waals surface area contributed by atoms with Crippen LogP contribution in [0.5, 0.6) is 0 Å². The maximum absolute atomic E-state index is 11.7. The molecular weight excluding hydrogens is 252 g/mol. The third-order valence-electron chi connectivity index (χ3n) is 2.43. The van der Waals surface area contributed by atoms with E-state index in [4.69, 9.17) is 0 Å². The van der Waals surface area contributed by atoms with Crippen LogP contribution in [0.15, 0.2) is 0 Å². The molecule has 0 aromatic heterocycles. The van der Waals surface area contributed by atoms with Crippen molar-refractivity contribution >= 4 is 17.8 Å². The molecule has 0 radical (unpaired) electrons. The van der Waals surface area contributed by atoms with Gasteiger partial charge in [0.1, 0.15) is 6.04 Å². The van der Waals surface area contributed by atoms with E-state index in [-0.39, 0.29) is 18.7 Å².